The van der Waals surface area contributed by atoms with Gasteiger partial charge in [0.05, 0.1) is 94.3 Å². The lowest BCUT2D eigenvalue weighted by Gasteiger charge is -2.36. The minimum absolute atomic E-state index is 0.0309. The van der Waals surface area contributed by atoms with Crippen molar-refractivity contribution in [2.45, 2.75) is 86.0 Å². The van der Waals surface area contributed by atoms with Crippen molar-refractivity contribution in [3.63, 3.8) is 0 Å². The number of nitrogen functional groups attached to an aromatic ring is 1. The molecule has 3 amide bonds. The van der Waals surface area contributed by atoms with Crippen molar-refractivity contribution in [2.75, 3.05) is 182 Å². The first kappa shape index (κ1) is 97.3. The molecule has 0 saturated carbocycles. The van der Waals surface area contributed by atoms with Gasteiger partial charge in [-0.1, -0.05) is 77.3 Å². The van der Waals surface area contributed by atoms with Gasteiger partial charge in [-0.3, -0.25) is 67.0 Å². The first-order valence-corrected chi connectivity index (χ1v) is 47.3. The van der Waals surface area contributed by atoms with E-state index in [9.17, 15) is 33.9 Å². The summed E-state index contributed by atoms with van der Waals surface area (Å²) in [4.78, 5) is 118. The van der Waals surface area contributed by atoms with Crippen LogP contribution in [0.4, 0.5) is 11.4 Å². The molecular weight excluding hydrogens is 1780 g/mol. The summed E-state index contributed by atoms with van der Waals surface area (Å²) in [5.74, 6) is 5.28. The highest BCUT2D eigenvalue weighted by atomic mass is 35.5. The minimum atomic E-state index is -0.208. The molecule has 5 aliphatic heterocycles. The second kappa shape index (κ2) is 45.9. The van der Waals surface area contributed by atoms with Gasteiger partial charge < -0.3 is 63.8 Å². The molecule has 9 aromatic carbocycles. The summed E-state index contributed by atoms with van der Waals surface area (Å²) in [6, 6.07) is 60.8. The number of rotatable bonds is 29. The number of anilines is 2. The number of aliphatic hydroxyl groups is 1. The molecule has 0 radical (unpaired) electrons. The van der Waals surface area contributed by atoms with Gasteiger partial charge in [0.25, 0.3) is 34.4 Å². The molecule has 5 fully saturated rings. The highest BCUT2D eigenvalue weighted by Gasteiger charge is 2.31. The molecule has 5 saturated heterocycles. The third-order valence-electron chi connectivity index (χ3n) is 24.2. The highest BCUT2D eigenvalue weighted by Crippen LogP contribution is 2.33. The molecule has 17 rings (SSSR count). The molecule has 5 aliphatic rings. The normalized spacial score (nSPS) is 15.7. The molecule has 0 bridgehead atoms. The van der Waals surface area contributed by atoms with E-state index in [0.29, 0.717) is 227 Å². The number of benzene rings is 9. The van der Waals surface area contributed by atoms with Crippen molar-refractivity contribution >= 4 is 96.6 Å². The van der Waals surface area contributed by atoms with Crippen LogP contribution in [0.3, 0.4) is 0 Å². The van der Waals surface area contributed by atoms with Crippen molar-refractivity contribution in [3.8, 4) is 51.6 Å². The van der Waals surface area contributed by atoms with E-state index < -0.39 is 0 Å². The molecule has 30 nitrogen and oxygen atoms in total. The zero-order valence-electron chi connectivity index (χ0n) is 77.5. The van der Waals surface area contributed by atoms with Crippen LogP contribution in [0.2, 0.25) is 15.1 Å². The van der Waals surface area contributed by atoms with Crippen molar-refractivity contribution < 1.29 is 47.9 Å². The van der Waals surface area contributed by atoms with E-state index >= 15 is 0 Å². The number of amides is 3. The monoisotopic (exact) mass is 1890 g/mol. The fraction of sp³-hybridized carbons (Fsp3) is 0.382. The Morgan fingerprint density at radius 1 is 0.370 bits per heavy atom. The molecule has 3 N–H and O–H groups in total. The Labute approximate surface area is 800 Å². The van der Waals surface area contributed by atoms with Crippen LogP contribution in [0.1, 0.15) is 64.6 Å². The van der Waals surface area contributed by atoms with Crippen LogP contribution < -0.4 is 55.7 Å². The SMILES string of the molecule is CC(C)Oc1ccccc1-n1c(CN2CCN(C(=O)COc3ccc(Cl)cc3)CC2)nc2ccc(CN3CCN(C)CC3)cc2c1=O.CC(C)Oc1ccccc1-n1c(CN2CCN(C(=O)COc3ccc(Cl)cc3)CC2)nc2ccc(N)cc2c1=O.CC(C)Oc1ccccc1-n1c(CN2CCN(C(=O)COc3ccc(Cl)cc3)CC2)nc2ccc(N3CCN(CCO)CC3)cc2c1=O. The fourth-order valence-corrected chi connectivity index (χ4v) is 17.5. The van der Waals surface area contributed by atoms with Crippen LogP contribution in [0.5, 0.6) is 34.5 Å². The Morgan fingerprint density at radius 2 is 0.689 bits per heavy atom. The maximum Gasteiger partial charge on any atom is 0.266 e. The van der Waals surface area contributed by atoms with Gasteiger partial charge in [-0.2, -0.15) is 0 Å². The largest absolute Gasteiger partial charge is 0.489 e. The van der Waals surface area contributed by atoms with Crippen molar-refractivity contribution in [2.24, 2.45) is 0 Å². The number of para-hydroxylation sites is 6. The van der Waals surface area contributed by atoms with Gasteiger partial charge in [-0.05, 0) is 212 Å². The predicted molar refractivity (Wildman–Crippen MR) is 529 cm³/mol. The van der Waals surface area contributed by atoms with Crippen LogP contribution in [0.25, 0.3) is 49.8 Å². The lowest BCUT2D eigenvalue weighted by molar-refractivity contribution is -0.135. The number of aromatic nitrogens is 6. The number of fused-ring (bicyclic) bond motifs is 3. The summed E-state index contributed by atoms with van der Waals surface area (Å²) < 4.78 is 40.4. The number of β-amino-alcohol motifs (C(OH)–C–C–N with tert-alkyl or cyclic N) is 1. The van der Waals surface area contributed by atoms with Crippen LogP contribution in [-0.2, 0) is 40.6 Å². The van der Waals surface area contributed by atoms with Gasteiger partial charge >= 0.3 is 0 Å². The van der Waals surface area contributed by atoms with Crippen LogP contribution >= 0.6 is 34.8 Å². The summed E-state index contributed by atoms with van der Waals surface area (Å²) in [6.07, 6.45) is -0.212. The second-order valence-corrected chi connectivity index (χ2v) is 36.4. The number of piperazine rings is 5. The van der Waals surface area contributed by atoms with Crippen molar-refractivity contribution in [3.05, 3.63) is 269 Å². The number of ether oxygens (including phenoxy) is 6. The number of halogens is 3. The van der Waals surface area contributed by atoms with Crippen LogP contribution in [0.15, 0.2) is 215 Å². The number of carbonyl (C=O) groups is 3. The van der Waals surface area contributed by atoms with Gasteiger partial charge in [0, 0.05) is 170 Å². The topological polar surface area (TPSA) is 290 Å². The van der Waals surface area contributed by atoms with Crippen LogP contribution in [-0.4, -0.2) is 285 Å². The minimum Gasteiger partial charge on any atom is -0.489 e. The summed E-state index contributed by atoms with van der Waals surface area (Å²) in [5.41, 5.74) is 12.0. The number of nitrogens with two attached hydrogens (primary N) is 1. The predicted octanol–water partition coefficient (Wildman–Crippen LogP) is 12.1. The molecule has 0 atom stereocenters. The number of likely N-dealkylation sites (N-methyl/N-ethyl adjacent to an activating group) is 1. The van der Waals surface area contributed by atoms with Gasteiger partial charge in [-0.15, -0.1) is 0 Å². The van der Waals surface area contributed by atoms with E-state index in [4.69, 9.17) is 83.9 Å². The third-order valence-corrected chi connectivity index (χ3v) is 25.0. The molecule has 0 aliphatic carbocycles. The zero-order valence-corrected chi connectivity index (χ0v) is 79.8. The van der Waals surface area contributed by atoms with E-state index in [0.717, 1.165) is 70.2 Å². The zero-order chi connectivity index (χ0) is 94.8. The Hall–Kier alpha value is -12.2. The summed E-state index contributed by atoms with van der Waals surface area (Å²) in [5, 5.41) is 12.8. The van der Waals surface area contributed by atoms with Gasteiger partial charge in [0.15, 0.2) is 19.8 Å². The first-order valence-electron chi connectivity index (χ1n) is 46.1. The van der Waals surface area contributed by atoms with Gasteiger partial charge in [-0.25, -0.2) is 15.0 Å². The Balaban J connectivity index is 0.000000155. The number of carbonyl (C=O) groups excluding carboxylic acids is 3. The van der Waals surface area contributed by atoms with Crippen LogP contribution in [0, 0.1) is 0 Å². The second-order valence-electron chi connectivity index (χ2n) is 35.1. The Morgan fingerprint density at radius 3 is 1.05 bits per heavy atom. The first-order chi connectivity index (χ1) is 65.3. The van der Waals surface area contributed by atoms with Crippen molar-refractivity contribution in [1.29, 1.82) is 0 Å². The average Bonchev–Trinajstić information content (AvgIpc) is 0.747. The molecule has 0 unspecified atom stereocenters. The molecule has 710 valence electrons. The summed E-state index contributed by atoms with van der Waals surface area (Å²) in [6.45, 7) is 29.1. The molecule has 8 heterocycles. The Bertz CT molecular complexity index is 6270. The standard InChI is InChI=1S/C36H43ClN6O5.C36H43ClN6O4.C30H32ClN5O4/c1-26(2)48-33-6-4-3-5-32(33)43-34(24-40-15-19-42(20-16-40)35(45)25-47-29-10-7-27(37)8-11-29)38-31-12-9-28(23-30(31)36(43)46)41-17-13-39(14-18-41)21-22-44;1-26(2)47-33-7-5-4-6-32(33)43-34(24-41-18-20-42(21-19-41)35(44)25-46-29-11-9-28(37)10-12-29)38-31-13-8-27(22-30(31)36(43)45)23-40-16-14-39(3)15-17-40;1-20(2)40-27-6-4-3-5-26(27)36-28(33-25-12-9-22(32)17-24(25)30(36)38)18-34-13-15-35(16-14-34)29(37)19-39-23-10-7-21(31)8-11-23/h3-12,23,26,44H,13-22,24-25H2,1-2H3;4-13,22,26H,14-21,23-25H2,1-3H3;3-12,17,20H,13-16,18-19,32H2,1-2H3. The van der Waals surface area contributed by atoms with E-state index in [1.807, 2.05) is 154 Å². The highest BCUT2D eigenvalue weighted by molar-refractivity contribution is 6.31. The van der Waals surface area contributed by atoms with Crippen molar-refractivity contribution in [1.82, 2.24) is 72.8 Å². The maximum atomic E-state index is 14.5. The fourth-order valence-electron chi connectivity index (χ4n) is 17.1. The summed E-state index contributed by atoms with van der Waals surface area (Å²) >= 11 is 17.8. The smallest absolute Gasteiger partial charge is 0.266 e. The third kappa shape index (κ3) is 25.5. The number of hydrogen-bond acceptors (Lipinski definition) is 24. The molecule has 3 aromatic heterocycles. The lowest BCUT2D eigenvalue weighted by atomic mass is 10.1. The molecule has 33 heteroatoms. The van der Waals surface area contributed by atoms with E-state index in [1.54, 1.807) is 110 Å². The van der Waals surface area contributed by atoms with E-state index in [1.165, 1.54) is 0 Å². The summed E-state index contributed by atoms with van der Waals surface area (Å²) in [7, 11) is 2.15. The number of hydrogen-bond donors (Lipinski definition) is 2. The quantitative estimate of drug-likeness (QED) is 0.0412. The Kier molecular flexibility index (Phi) is 33.1. The van der Waals surface area contributed by atoms with Gasteiger partial charge in [0.1, 0.15) is 52.0 Å². The lowest BCUT2D eigenvalue weighted by Crippen LogP contribution is -2.50. The molecule has 0 spiro atoms. The maximum absolute atomic E-state index is 14.5. The van der Waals surface area contributed by atoms with E-state index in [2.05, 4.69) is 47.4 Å². The molecule has 135 heavy (non-hydrogen) atoms. The number of aliphatic hydroxyl groups excluding tert-OH is 1. The van der Waals surface area contributed by atoms with Gasteiger partial charge in [0.2, 0.25) is 0 Å². The molecule has 12 aromatic rings. The van der Waals surface area contributed by atoms with E-state index in [-0.39, 0.29) is 79.1 Å². The number of nitrogens with zero attached hydrogens (tertiary/aromatic N) is 16. The average molecular weight is 1900 g/mol. The molecular formula is C102H118Cl3N17O13.